The van der Waals surface area contributed by atoms with Crippen LogP contribution in [-0.2, 0) is 38.1 Å². The Morgan fingerprint density at radius 1 is 0.485 bits per heavy atom. The summed E-state index contributed by atoms with van der Waals surface area (Å²) in [4.78, 5) is 58.3. The molecule has 1 unspecified atom stereocenters. The first-order valence-corrected chi connectivity index (χ1v) is 28.8. The Morgan fingerprint density at radius 3 is 1.49 bits per heavy atom. The van der Waals surface area contributed by atoms with Gasteiger partial charge in [-0.25, -0.2) is 0 Å². The number of likely N-dealkylation sites (tertiary alicyclic amines) is 1. The second kappa shape index (κ2) is 43.5. The number of nitrogens with zero attached hydrogens (tertiary/aromatic N) is 3. The number of carbonyl (C=O) groups excluding carboxylic acids is 4. The van der Waals surface area contributed by atoms with E-state index in [-0.39, 0.29) is 42.7 Å². The van der Waals surface area contributed by atoms with Crippen LogP contribution in [0.5, 0.6) is 0 Å². The third-order valence-electron chi connectivity index (χ3n) is 14.1. The Bertz CT molecular complexity index is 1220. The van der Waals surface area contributed by atoms with E-state index in [0.29, 0.717) is 65.1 Å². The van der Waals surface area contributed by atoms with Gasteiger partial charge in [-0.05, 0) is 64.3 Å². The highest BCUT2D eigenvalue weighted by Crippen LogP contribution is 2.24. The summed E-state index contributed by atoms with van der Waals surface area (Å²) in [5, 5.41) is 9.24. The van der Waals surface area contributed by atoms with E-state index in [2.05, 4.69) is 35.5 Å². The van der Waals surface area contributed by atoms with Gasteiger partial charge in [0.25, 0.3) is 0 Å². The van der Waals surface area contributed by atoms with Gasteiger partial charge in [0.05, 0.1) is 26.2 Å². The third-order valence-corrected chi connectivity index (χ3v) is 14.1. The molecule has 0 radical (unpaired) electrons. The summed E-state index contributed by atoms with van der Waals surface area (Å²) in [6.45, 7) is 13.7. The molecule has 1 N–H and O–H groups in total. The van der Waals surface area contributed by atoms with Crippen LogP contribution in [0.4, 0.5) is 0 Å². The number of carbonyl (C=O) groups is 4. The van der Waals surface area contributed by atoms with Crippen molar-refractivity contribution in [2.75, 3.05) is 72.2 Å². The number of aliphatic hydroxyl groups excluding tert-OH is 1. The summed E-state index contributed by atoms with van der Waals surface area (Å²) in [7, 11) is 0. The number of hydrogen-bond donors (Lipinski definition) is 1. The highest BCUT2D eigenvalue weighted by atomic mass is 16.6. The number of esters is 4. The Kier molecular flexibility index (Phi) is 39.6. The molecule has 0 amide bonds. The molecule has 398 valence electrons. The van der Waals surface area contributed by atoms with Gasteiger partial charge in [0.2, 0.25) is 0 Å². The van der Waals surface area contributed by atoms with Crippen LogP contribution in [0, 0.1) is 0 Å². The van der Waals surface area contributed by atoms with Gasteiger partial charge >= 0.3 is 23.9 Å². The second-order valence-corrected chi connectivity index (χ2v) is 20.3. The van der Waals surface area contributed by atoms with Gasteiger partial charge in [0.1, 0.15) is 18.2 Å². The normalized spacial score (nSPS) is 17.0. The van der Waals surface area contributed by atoms with Crippen LogP contribution in [0.15, 0.2) is 0 Å². The van der Waals surface area contributed by atoms with Crippen LogP contribution in [0.25, 0.3) is 0 Å². The van der Waals surface area contributed by atoms with Crippen molar-refractivity contribution in [3.05, 3.63) is 0 Å². The van der Waals surface area contributed by atoms with E-state index in [4.69, 9.17) is 18.9 Å². The quantitative estimate of drug-likeness (QED) is 0.0353. The summed E-state index contributed by atoms with van der Waals surface area (Å²) in [5.74, 6) is -0.683. The van der Waals surface area contributed by atoms with Crippen LogP contribution < -0.4 is 0 Å². The van der Waals surface area contributed by atoms with Gasteiger partial charge in [-0.2, -0.15) is 0 Å². The first-order chi connectivity index (χ1) is 33.3. The molecule has 12 nitrogen and oxygen atoms in total. The van der Waals surface area contributed by atoms with Gasteiger partial charge in [-0.3, -0.25) is 29.0 Å². The number of β-amino-alcohol motifs (C(OH)–C–C–N with tert-alkyl or cyclic N) is 1. The second-order valence-electron chi connectivity index (χ2n) is 20.3. The molecule has 0 aliphatic carbocycles. The molecule has 2 heterocycles. The third kappa shape index (κ3) is 33.3. The maximum Gasteiger partial charge on any atom is 0.323 e. The van der Waals surface area contributed by atoms with Gasteiger partial charge in [-0.1, -0.05) is 162 Å². The highest BCUT2D eigenvalue weighted by molar-refractivity contribution is 5.76. The summed E-state index contributed by atoms with van der Waals surface area (Å²) in [5.41, 5.74) is 0. The van der Waals surface area contributed by atoms with Crippen molar-refractivity contribution in [2.24, 2.45) is 0 Å². The molecule has 0 aromatic rings. The maximum atomic E-state index is 13.5. The van der Waals surface area contributed by atoms with E-state index in [1.54, 1.807) is 0 Å². The van der Waals surface area contributed by atoms with Crippen LogP contribution in [0.2, 0.25) is 0 Å². The van der Waals surface area contributed by atoms with E-state index in [1.807, 2.05) is 0 Å². The summed E-state index contributed by atoms with van der Waals surface area (Å²) in [6.07, 6.45) is 36.2. The molecule has 0 bridgehead atoms. The summed E-state index contributed by atoms with van der Waals surface area (Å²) >= 11 is 0. The Balaban J connectivity index is 1.72. The first kappa shape index (κ1) is 61.8. The molecule has 12 heteroatoms. The zero-order chi connectivity index (χ0) is 49.1. The van der Waals surface area contributed by atoms with E-state index in [1.165, 1.54) is 109 Å². The van der Waals surface area contributed by atoms with E-state index < -0.39 is 6.04 Å². The van der Waals surface area contributed by atoms with Crippen molar-refractivity contribution in [2.45, 2.75) is 264 Å². The lowest BCUT2D eigenvalue weighted by Gasteiger charge is -2.34. The molecule has 2 atom stereocenters. The average molecular weight is 964 g/mol. The molecule has 2 saturated heterocycles. The van der Waals surface area contributed by atoms with Crippen molar-refractivity contribution >= 4 is 23.9 Å². The summed E-state index contributed by atoms with van der Waals surface area (Å²) in [6, 6.07) is -0.467. The number of piperazine rings is 1. The van der Waals surface area contributed by atoms with E-state index >= 15 is 0 Å². The standard InChI is InChI=1S/C56H105N3O9/c1-4-7-10-13-16-17-18-23-31-46-65-53(61)35-29-25-30-38-59-49-51(68-55(63)37-39-57-40-42-58(43-41-57)44-45-60)48-52(59)56(64)66-47-32-24-19-22-28-36-54(62)67-50(33-26-20-14-11-8-5-2)34-27-21-15-12-9-6-3/h50-52,60H,4-49H2,1-3H3/t51?,52-/m0/s1. The molecule has 0 spiro atoms. The average Bonchev–Trinajstić information content (AvgIpc) is 3.74. The molecule has 0 saturated carbocycles. The summed E-state index contributed by atoms with van der Waals surface area (Å²) < 4.78 is 23.3. The SMILES string of the molecule is CCCCCCCCCCCOC(=O)CCCCCN1CC(OC(=O)CCN2CCN(CCO)CC2)C[C@H]1C(=O)OCCCCCCCC(=O)OC(CCCCCCCC)CCCCCCCC. The zero-order valence-electron chi connectivity index (χ0n) is 44.3. The van der Waals surface area contributed by atoms with E-state index in [9.17, 15) is 24.3 Å². The van der Waals surface area contributed by atoms with Crippen molar-refractivity contribution in [1.82, 2.24) is 14.7 Å². The highest BCUT2D eigenvalue weighted by Gasteiger charge is 2.39. The number of rotatable bonds is 46. The van der Waals surface area contributed by atoms with Crippen molar-refractivity contribution in [3.8, 4) is 0 Å². The zero-order valence-corrected chi connectivity index (χ0v) is 44.3. The minimum Gasteiger partial charge on any atom is -0.466 e. The lowest BCUT2D eigenvalue weighted by atomic mass is 10.0. The topological polar surface area (TPSA) is 135 Å². The maximum absolute atomic E-state index is 13.5. The van der Waals surface area contributed by atoms with Crippen LogP contribution in [0.3, 0.4) is 0 Å². The molecule has 2 fully saturated rings. The largest absolute Gasteiger partial charge is 0.466 e. The monoisotopic (exact) mass is 964 g/mol. The lowest BCUT2D eigenvalue weighted by Crippen LogP contribution is -2.47. The van der Waals surface area contributed by atoms with Gasteiger partial charge in [-0.15, -0.1) is 0 Å². The van der Waals surface area contributed by atoms with Crippen molar-refractivity contribution in [3.63, 3.8) is 0 Å². The minimum atomic E-state index is -0.467. The number of ether oxygens (including phenoxy) is 4. The first-order valence-electron chi connectivity index (χ1n) is 28.8. The fourth-order valence-electron chi connectivity index (χ4n) is 9.73. The Morgan fingerprint density at radius 2 is 0.941 bits per heavy atom. The predicted octanol–water partition coefficient (Wildman–Crippen LogP) is 11.9. The van der Waals surface area contributed by atoms with Gasteiger partial charge in [0, 0.05) is 65.1 Å². The number of unbranched alkanes of at least 4 members (excludes halogenated alkanes) is 24. The number of aliphatic hydroxyl groups is 1. The van der Waals surface area contributed by atoms with E-state index in [0.717, 1.165) is 116 Å². The molecular weight excluding hydrogens is 859 g/mol. The number of hydrogen-bond acceptors (Lipinski definition) is 12. The van der Waals surface area contributed by atoms with Crippen molar-refractivity contribution in [1.29, 1.82) is 0 Å². The fraction of sp³-hybridized carbons (Fsp3) is 0.929. The predicted molar refractivity (Wildman–Crippen MR) is 276 cm³/mol. The minimum absolute atomic E-state index is 0.0534. The lowest BCUT2D eigenvalue weighted by molar-refractivity contribution is -0.151. The fourth-order valence-corrected chi connectivity index (χ4v) is 9.73. The molecule has 68 heavy (non-hydrogen) atoms. The van der Waals surface area contributed by atoms with Gasteiger partial charge in [0.15, 0.2) is 0 Å². The molecule has 2 aliphatic rings. The van der Waals surface area contributed by atoms with Crippen LogP contribution in [0.1, 0.15) is 245 Å². The molecule has 2 aliphatic heterocycles. The smallest absolute Gasteiger partial charge is 0.323 e. The van der Waals surface area contributed by atoms with Gasteiger partial charge < -0.3 is 29.0 Å². The molecule has 0 aromatic heterocycles. The molecule has 2 rings (SSSR count). The van der Waals surface area contributed by atoms with Crippen LogP contribution in [-0.4, -0.2) is 134 Å². The molecular formula is C56H105N3O9. The Hall–Kier alpha value is -2.28. The van der Waals surface area contributed by atoms with Crippen molar-refractivity contribution < 1.29 is 43.2 Å². The van der Waals surface area contributed by atoms with Crippen LogP contribution >= 0.6 is 0 Å². The molecule has 0 aromatic carbocycles. The Labute approximate surface area is 416 Å².